The van der Waals surface area contributed by atoms with E-state index in [0.717, 1.165) is 5.88 Å². The zero-order valence-electron chi connectivity index (χ0n) is 3.05. The number of nitrogens with two attached hydrogens (primary N) is 1. The molecule has 0 atom stereocenters. The van der Waals surface area contributed by atoms with Crippen LogP contribution in [0, 0.1) is 0 Å². The predicted octanol–water partition coefficient (Wildman–Crippen LogP) is 0.654. The van der Waals surface area contributed by atoms with E-state index >= 15 is 0 Å². The van der Waals surface area contributed by atoms with E-state index in [4.69, 9.17) is 5.73 Å². The van der Waals surface area contributed by atoms with Gasteiger partial charge in [0.15, 0.2) is 5.17 Å². The molecule has 2 N–H and O–H groups in total. The van der Waals surface area contributed by atoms with Crippen molar-refractivity contribution in [2.45, 2.75) is 0 Å². The van der Waals surface area contributed by atoms with Crippen LogP contribution >= 0.6 is 21.6 Å². The van der Waals surface area contributed by atoms with Crippen LogP contribution in [0.1, 0.15) is 0 Å². The monoisotopic (exact) mass is 120 g/mol. The third-order valence-corrected chi connectivity index (χ3v) is 2.25. The number of hydrogen-bond acceptors (Lipinski definition) is 4. The Hall–Kier alpha value is 0.170. The number of hydrogen-bond donors (Lipinski definition) is 1. The van der Waals surface area contributed by atoms with Crippen molar-refractivity contribution in [3.63, 3.8) is 0 Å². The molecule has 1 heterocycles. The standard InChI is InChI=1S/C2H4N2S2/c3-2-4-1-5-6-2/h1H2,(H2,3,4). The van der Waals surface area contributed by atoms with Crippen LogP contribution < -0.4 is 5.73 Å². The summed E-state index contributed by atoms with van der Waals surface area (Å²) in [5.74, 6) is 0.830. The van der Waals surface area contributed by atoms with Crippen LogP contribution in [0.3, 0.4) is 0 Å². The molecule has 0 aromatic carbocycles. The third-order valence-electron chi connectivity index (χ3n) is 0.417. The number of amidine groups is 1. The molecule has 0 unspecified atom stereocenters. The average Bonchev–Trinajstić information content (AvgIpc) is 1.86. The van der Waals surface area contributed by atoms with Crippen molar-refractivity contribution in [1.29, 1.82) is 0 Å². The van der Waals surface area contributed by atoms with Crippen LogP contribution in [0.5, 0.6) is 0 Å². The zero-order chi connectivity index (χ0) is 4.41. The summed E-state index contributed by atoms with van der Waals surface area (Å²) in [4.78, 5) is 3.86. The smallest absolute Gasteiger partial charge is 0.165 e. The van der Waals surface area contributed by atoms with Gasteiger partial charge in [0.1, 0.15) is 0 Å². The minimum Gasteiger partial charge on any atom is -0.378 e. The Labute approximate surface area is 44.0 Å². The fraction of sp³-hybridized carbons (Fsp3) is 0.500. The van der Waals surface area contributed by atoms with Gasteiger partial charge in [0, 0.05) is 0 Å². The molecule has 0 amide bonds. The van der Waals surface area contributed by atoms with Gasteiger partial charge in [0.25, 0.3) is 0 Å². The molecule has 1 aliphatic heterocycles. The Kier molecular flexibility index (Phi) is 1.26. The molecule has 34 valence electrons. The molecule has 0 fully saturated rings. The minimum absolute atomic E-state index is 0.708. The molecular weight excluding hydrogens is 116 g/mol. The average molecular weight is 120 g/mol. The van der Waals surface area contributed by atoms with E-state index in [2.05, 4.69) is 4.99 Å². The maximum Gasteiger partial charge on any atom is 0.165 e. The quantitative estimate of drug-likeness (QED) is 0.477. The lowest BCUT2D eigenvalue weighted by Gasteiger charge is -1.76. The third kappa shape index (κ3) is 0.815. The first-order valence-electron chi connectivity index (χ1n) is 1.49. The second kappa shape index (κ2) is 1.75. The van der Waals surface area contributed by atoms with Gasteiger partial charge in [-0.25, -0.2) is 0 Å². The van der Waals surface area contributed by atoms with Crippen molar-refractivity contribution in [1.82, 2.24) is 0 Å². The fourth-order valence-electron chi connectivity index (χ4n) is 0.203. The van der Waals surface area contributed by atoms with Crippen molar-refractivity contribution in [3.05, 3.63) is 0 Å². The highest BCUT2D eigenvalue weighted by Crippen LogP contribution is 2.26. The molecule has 0 saturated heterocycles. The van der Waals surface area contributed by atoms with Crippen molar-refractivity contribution < 1.29 is 0 Å². The predicted molar refractivity (Wildman–Crippen MR) is 31.7 cm³/mol. The van der Waals surface area contributed by atoms with Crippen molar-refractivity contribution in [2.75, 3.05) is 5.88 Å². The van der Waals surface area contributed by atoms with Gasteiger partial charge in [0.2, 0.25) is 0 Å². The van der Waals surface area contributed by atoms with Crippen LogP contribution in [0.4, 0.5) is 0 Å². The molecule has 0 aromatic heterocycles. The minimum atomic E-state index is 0.708. The Morgan fingerprint density at radius 2 is 2.67 bits per heavy atom. The van der Waals surface area contributed by atoms with E-state index in [0.29, 0.717) is 5.17 Å². The van der Waals surface area contributed by atoms with E-state index in [1.165, 1.54) is 0 Å². The van der Waals surface area contributed by atoms with Gasteiger partial charge in [0.05, 0.1) is 5.88 Å². The van der Waals surface area contributed by atoms with E-state index in [1.807, 2.05) is 0 Å². The van der Waals surface area contributed by atoms with Gasteiger partial charge in [-0.05, 0) is 10.8 Å². The van der Waals surface area contributed by atoms with Gasteiger partial charge in [-0.2, -0.15) is 0 Å². The Morgan fingerprint density at radius 1 is 1.83 bits per heavy atom. The molecule has 0 spiro atoms. The first-order valence-corrected chi connectivity index (χ1v) is 3.81. The summed E-state index contributed by atoms with van der Waals surface area (Å²) in [5.41, 5.74) is 5.23. The summed E-state index contributed by atoms with van der Waals surface area (Å²) in [6, 6.07) is 0. The van der Waals surface area contributed by atoms with E-state index in [1.54, 1.807) is 21.6 Å². The Morgan fingerprint density at radius 3 is 2.83 bits per heavy atom. The second-order valence-electron chi connectivity index (χ2n) is 0.827. The first-order chi connectivity index (χ1) is 2.89. The molecule has 0 radical (unpaired) electrons. The van der Waals surface area contributed by atoms with Crippen LogP contribution in [0.15, 0.2) is 4.99 Å². The van der Waals surface area contributed by atoms with Gasteiger partial charge in [-0.15, -0.1) is 0 Å². The Bertz CT molecular complexity index is 79.6. The second-order valence-corrected chi connectivity index (χ2v) is 3.11. The number of nitrogens with zero attached hydrogens (tertiary/aromatic N) is 1. The summed E-state index contributed by atoms with van der Waals surface area (Å²) < 4.78 is 0. The van der Waals surface area contributed by atoms with Crippen LogP contribution in [0.25, 0.3) is 0 Å². The van der Waals surface area contributed by atoms with Crippen LogP contribution in [-0.2, 0) is 0 Å². The molecule has 2 nitrogen and oxygen atoms in total. The lowest BCUT2D eigenvalue weighted by atomic mass is 11.2. The van der Waals surface area contributed by atoms with E-state index in [9.17, 15) is 0 Å². The van der Waals surface area contributed by atoms with Crippen molar-refractivity contribution in [2.24, 2.45) is 10.7 Å². The fourth-order valence-corrected chi connectivity index (χ4v) is 1.60. The summed E-state index contributed by atoms with van der Waals surface area (Å²) in [6.45, 7) is 0. The zero-order valence-corrected chi connectivity index (χ0v) is 4.68. The molecule has 4 heteroatoms. The summed E-state index contributed by atoms with van der Waals surface area (Å²) in [6.07, 6.45) is 0. The molecule has 6 heavy (non-hydrogen) atoms. The maximum absolute atomic E-state index is 5.23. The lowest BCUT2D eigenvalue weighted by molar-refractivity contribution is 1.39. The van der Waals surface area contributed by atoms with Crippen LogP contribution in [0.2, 0.25) is 0 Å². The Balaban J connectivity index is 2.45. The summed E-state index contributed by atoms with van der Waals surface area (Å²) >= 11 is 0. The summed E-state index contributed by atoms with van der Waals surface area (Å²) in [5, 5.41) is 0.708. The normalized spacial score (nSPS) is 21.0. The summed E-state index contributed by atoms with van der Waals surface area (Å²) in [7, 11) is 3.21. The van der Waals surface area contributed by atoms with Crippen molar-refractivity contribution in [3.8, 4) is 0 Å². The van der Waals surface area contributed by atoms with Gasteiger partial charge >= 0.3 is 0 Å². The topological polar surface area (TPSA) is 38.4 Å². The largest absolute Gasteiger partial charge is 0.378 e. The molecule has 0 aliphatic carbocycles. The highest BCUT2D eigenvalue weighted by atomic mass is 33.1. The molecule has 0 saturated carbocycles. The van der Waals surface area contributed by atoms with Gasteiger partial charge < -0.3 is 5.73 Å². The first kappa shape index (κ1) is 4.33. The SMILES string of the molecule is NC1=NCSS1. The van der Waals surface area contributed by atoms with Gasteiger partial charge in [-0.1, -0.05) is 10.8 Å². The molecule has 1 rings (SSSR count). The van der Waals surface area contributed by atoms with Crippen LogP contribution in [-0.4, -0.2) is 11.0 Å². The highest BCUT2D eigenvalue weighted by molar-refractivity contribution is 8.82. The molecule has 0 aromatic rings. The van der Waals surface area contributed by atoms with Crippen molar-refractivity contribution >= 4 is 26.8 Å². The molecule has 0 bridgehead atoms. The number of rotatable bonds is 0. The molecule has 1 aliphatic rings. The van der Waals surface area contributed by atoms with Gasteiger partial charge in [-0.3, -0.25) is 4.99 Å². The maximum atomic E-state index is 5.23. The number of aliphatic imine (C=N–C) groups is 1. The van der Waals surface area contributed by atoms with E-state index in [-0.39, 0.29) is 0 Å². The van der Waals surface area contributed by atoms with E-state index < -0.39 is 0 Å². The molecular formula is C2H4N2S2. The lowest BCUT2D eigenvalue weighted by Crippen LogP contribution is -2.00. The highest BCUT2D eigenvalue weighted by Gasteiger charge is 1.99.